The molecule has 0 aliphatic carbocycles. The van der Waals surface area contributed by atoms with Crippen LogP contribution in [0.2, 0.25) is 0 Å². The van der Waals surface area contributed by atoms with Gasteiger partial charge in [-0.1, -0.05) is 13.0 Å². The van der Waals surface area contributed by atoms with Crippen molar-refractivity contribution in [3.05, 3.63) is 41.2 Å². The number of nitrogens with zero attached hydrogens (tertiary/aromatic N) is 4. The molecule has 8 nitrogen and oxygen atoms in total. The molecule has 0 spiro atoms. The summed E-state index contributed by atoms with van der Waals surface area (Å²) in [6, 6.07) is 7.46. The Morgan fingerprint density at radius 3 is 2.45 bits per heavy atom. The van der Waals surface area contributed by atoms with Gasteiger partial charge in [-0.3, -0.25) is 4.79 Å². The zero-order valence-corrected chi connectivity index (χ0v) is 17.6. The van der Waals surface area contributed by atoms with Gasteiger partial charge in [-0.15, -0.1) is 0 Å². The lowest BCUT2D eigenvalue weighted by Crippen LogP contribution is -2.48. The van der Waals surface area contributed by atoms with Crippen molar-refractivity contribution in [1.82, 2.24) is 19.8 Å². The number of amides is 1. The quantitative estimate of drug-likeness (QED) is 0.764. The first kappa shape index (κ1) is 20.9. The van der Waals surface area contributed by atoms with Crippen LogP contribution in [0.15, 0.2) is 24.3 Å². The number of likely N-dealkylation sites (N-methyl/N-ethyl adjacent to an activating group) is 1. The van der Waals surface area contributed by atoms with Crippen molar-refractivity contribution in [2.75, 3.05) is 52.3 Å². The van der Waals surface area contributed by atoms with Gasteiger partial charge in [-0.25, -0.2) is 9.97 Å². The lowest BCUT2D eigenvalue weighted by molar-refractivity contribution is 0.0637. The van der Waals surface area contributed by atoms with Gasteiger partial charge in [0.25, 0.3) is 5.91 Å². The van der Waals surface area contributed by atoms with E-state index in [0.717, 1.165) is 44.0 Å². The van der Waals surface area contributed by atoms with E-state index in [1.807, 2.05) is 30.0 Å². The molecule has 1 aliphatic rings. The number of piperazine rings is 1. The third-order valence-electron chi connectivity index (χ3n) is 5.08. The van der Waals surface area contributed by atoms with Crippen LogP contribution in [0, 0.1) is 6.92 Å². The lowest BCUT2D eigenvalue weighted by Gasteiger charge is -2.33. The smallest absolute Gasteiger partial charge is 0.272 e. The monoisotopic (exact) mass is 399 g/mol. The summed E-state index contributed by atoms with van der Waals surface area (Å²) >= 11 is 0. The van der Waals surface area contributed by atoms with Crippen molar-refractivity contribution < 1.29 is 14.3 Å². The first-order chi connectivity index (χ1) is 14.0. The number of rotatable bonds is 7. The summed E-state index contributed by atoms with van der Waals surface area (Å²) in [5.74, 6) is 1.74. The van der Waals surface area contributed by atoms with Crippen LogP contribution in [-0.2, 0) is 6.54 Å². The molecule has 0 bridgehead atoms. The standard InChI is InChI=1S/C21H29N5O3/c1-5-25-8-10-26(11-9-25)20(27)17-12-15(2)23-21(24-17)22-14-16-6-7-18(28-3)19(13-16)29-4/h6-7,12-13H,5,8-11,14H2,1-4H3,(H,22,23,24). The van der Waals surface area contributed by atoms with E-state index in [0.29, 0.717) is 29.7 Å². The number of hydrogen-bond acceptors (Lipinski definition) is 7. The van der Waals surface area contributed by atoms with Crippen molar-refractivity contribution in [3.63, 3.8) is 0 Å². The average Bonchev–Trinajstić information content (AvgIpc) is 2.76. The summed E-state index contributed by atoms with van der Waals surface area (Å²) in [7, 11) is 3.22. The number of aromatic nitrogens is 2. The fourth-order valence-electron chi connectivity index (χ4n) is 3.36. The predicted octanol–water partition coefficient (Wildman–Crippen LogP) is 2.19. The highest BCUT2D eigenvalue weighted by Crippen LogP contribution is 2.27. The second kappa shape index (κ2) is 9.56. The van der Waals surface area contributed by atoms with Crippen LogP contribution in [0.5, 0.6) is 11.5 Å². The van der Waals surface area contributed by atoms with Crippen LogP contribution in [0.1, 0.15) is 28.7 Å². The molecule has 1 amide bonds. The minimum Gasteiger partial charge on any atom is -0.493 e. The van der Waals surface area contributed by atoms with Crippen molar-refractivity contribution in [2.45, 2.75) is 20.4 Å². The summed E-state index contributed by atoms with van der Waals surface area (Å²) in [6.07, 6.45) is 0. The van der Waals surface area contributed by atoms with Gasteiger partial charge >= 0.3 is 0 Å². The fourth-order valence-corrected chi connectivity index (χ4v) is 3.36. The van der Waals surface area contributed by atoms with Crippen molar-refractivity contribution in [1.29, 1.82) is 0 Å². The summed E-state index contributed by atoms with van der Waals surface area (Å²) in [4.78, 5) is 26.0. The second-order valence-corrected chi connectivity index (χ2v) is 6.99. The van der Waals surface area contributed by atoms with Crippen LogP contribution in [-0.4, -0.2) is 72.6 Å². The summed E-state index contributed by atoms with van der Waals surface area (Å²) in [6.45, 7) is 8.78. The summed E-state index contributed by atoms with van der Waals surface area (Å²) in [5.41, 5.74) is 2.18. The molecule has 2 aromatic rings. The Kier molecular flexibility index (Phi) is 6.87. The normalized spacial score (nSPS) is 14.6. The van der Waals surface area contributed by atoms with E-state index >= 15 is 0 Å². The zero-order valence-electron chi connectivity index (χ0n) is 17.6. The zero-order chi connectivity index (χ0) is 20.8. The summed E-state index contributed by atoms with van der Waals surface area (Å²) < 4.78 is 10.6. The number of carbonyl (C=O) groups excluding carboxylic acids is 1. The van der Waals surface area contributed by atoms with Crippen molar-refractivity contribution >= 4 is 11.9 Å². The van der Waals surface area contributed by atoms with E-state index in [2.05, 4.69) is 27.1 Å². The Balaban J connectivity index is 1.68. The van der Waals surface area contributed by atoms with Gasteiger partial charge in [0.2, 0.25) is 5.95 Å². The Morgan fingerprint density at radius 1 is 1.07 bits per heavy atom. The molecule has 1 aromatic carbocycles. The first-order valence-corrected chi connectivity index (χ1v) is 9.86. The van der Waals surface area contributed by atoms with Gasteiger partial charge in [0.05, 0.1) is 14.2 Å². The summed E-state index contributed by atoms with van der Waals surface area (Å²) in [5, 5.41) is 3.21. The molecule has 0 unspecified atom stereocenters. The Labute approximate surface area is 171 Å². The van der Waals surface area contributed by atoms with Gasteiger partial charge in [-0.05, 0) is 37.2 Å². The topological polar surface area (TPSA) is 79.8 Å². The second-order valence-electron chi connectivity index (χ2n) is 6.99. The highest BCUT2D eigenvalue weighted by Gasteiger charge is 2.23. The molecule has 1 saturated heterocycles. The molecule has 156 valence electrons. The van der Waals surface area contributed by atoms with Gasteiger partial charge in [-0.2, -0.15) is 0 Å². The minimum absolute atomic E-state index is 0.0413. The number of anilines is 1. The van der Waals surface area contributed by atoms with Gasteiger partial charge in [0, 0.05) is 38.4 Å². The van der Waals surface area contributed by atoms with E-state index in [1.165, 1.54) is 0 Å². The predicted molar refractivity (Wildman–Crippen MR) is 112 cm³/mol. The maximum Gasteiger partial charge on any atom is 0.272 e. The van der Waals surface area contributed by atoms with E-state index in [9.17, 15) is 4.79 Å². The molecule has 1 aromatic heterocycles. The Bertz CT molecular complexity index is 850. The maximum atomic E-state index is 12.9. The molecule has 8 heteroatoms. The third-order valence-corrected chi connectivity index (χ3v) is 5.08. The third kappa shape index (κ3) is 5.14. The SMILES string of the molecule is CCN1CCN(C(=O)c2cc(C)nc(NCc3ccc(OC)c(OC)c3)n2)CC1. The lowest BCUT2D eigenvalue weighted by atomic mass is 10.2. The van der Waals surface area contributed by atoms with E-state index in [4.69, 9.17) is 9.47 Å². The molecule has 1 aliphatic heterocycles. The number of ether oxygens (including phenoxy) is 2. The molecule has 1 fully saturated rings. The van der Waals surface area contributed by atoms with Gasteiger partial charge in [0.15, 0.2) is 11.5 Å². The first-order valence-electron chi connectivity index (χ1n) is 9.86. The highest BCUT2D eigenvalue weighted by molar-refractivity contribution is 5.92. The molecule has 1 N–H and O–H groups in total. The molecule has 29 heavy (non-hydrogen) atoms. The largest absolute Gasteiger partial charge is 0.493 e. The molecule has 2 heterocycles. The maximum absolute atomic E-state index is 12.9. The Morgan fingerprint density at radius 2 is 1.79 bits per heavy atom. The van der Waals surface area contributed by atoms with Gasteiger partial charge in [0.1, 0.15) is 5.69 Å². The molecule has 0 atom stereocenters. The molecule has 3 rings (SSSR count). The molecular weight excluding hydrogens is 370 g/mol. The fraction of sp³-hybridized carbons (Fsp3) is 0.476. The van der Waals surface area contributed by atoms with E-state index in [1.54, 1.807) is 20.3 Å². The number of benzene rings is 1. The number of nitrogens with one attached hydrogen (secondary N) is 1. The molecule has 0 saturated carbocycles. The number of hydrogen-bond donors (Lipinski definition) is 1. The number of methoxy groups -OCH3 is 2. The van der Waals surface area contributed by atoms with E-state index < -0.39 is 0 Å². The average molecular weight is 399 g/mol. The Hall–Kier alpha value is -2.87. The number of carbonyl (C=O) groups is 1. The van der Waals surface area contributed by atoms with Crippen LogP contribution >= 0.6 is 0 Å². The minimum atomic E-state index is -0.0413. The molecule has 0 radical (unpaired) electrons. The van der Waals surface area contributed by atoms with Crippen LogP contribution in [0.4, 0.5) is 5.95 Å². The van der Waals surface area contributed by atoms with Crippen LogP contribution in [0.25, 0.3) is 0 Å². The van der Waals surface area contributed by atoms with Crippen LogP contribution < -0.4 is 14.8 Å². The van der Waals surface area contributed by atoms with Crippen LogP contribution in [0.3, 0.4) is 0 Å². The van der Waals surface area contributed by atoms with Gasteiger partial charge < -0.3 is 24.6 Å². The van der Waals surface area contributed by atoms with E-state index in [-0.39, 0.29) is 5.91 Å². The van der Waals surface area contributed by atoms with Crippen molar-refractivity contribution in [3.8, 4) is 11.5 Å². The highest BCUT2D eigenvalue weighted by atomic mass is 16.5. The molecular formula is C21H29N5O3. The number of aryl methyl sites for hydroxylation is 1. The van der Waals surface area contributed by atoms with Crippen molar-refractivity contribution in [2.24, 2.45) is 0 Å².